The predicted octanol–water partition coefficient (Wildman–Crippen LogP) is 4.58. The van der Waals surface area contributed by atoms with Crippen LogP contribution in [0.3, 0.4) is 0 Å². The summed E-state index contributed by atoms with van der Waals surface area (Å²) in [5, 5.41) is 0. The molecule has 5 nitrogen and oxygen atoms in total. The molecule has 1 unspecified atom stereocenters. The monoisotopic (exact) mass is 458 g/mol. The van der Waals surface area contributed by atoms with Crippen molar-refractivity contribution in [3.63, 3.8) is 0 Å². The highest BCUT2D eigenvalue weighted by Crippen LogP contribution is 2.33. The number of aryl methyl sites for hydroxylation is 2. The number of nitrogens with zero attached hydrogens (tertiary/aromatic N) is 2. The number of thioether (sulfide) groups is 1. The third-order valence-corrected chi connectivity index (χ3v) is 8.44. The van der Waals surface area contributed by atoms with Gasteiger partial charge in [-0.05, 0) is 74.1 Å². The second kappa shape index (κ2) is 11.0. The first kappa shape index (κ1) is 23.5. The summed E-state index contributed by atoms with van der Waals surface area (Å²) in [6, 6.07) is 4.34. The number of hydrogen-bond donors (Lipinski definition) is 0. The van der Waals surface area contributed by atoms with Gasteiger partial charge < -0.3 is 14.5 Å². The Morgan fingerprint density at radius 1 is 1.12 bits per heavy atom. The number of hydrogen-bond acceptors (Lipinski definition) is 4. The Labute approximate surface area is 197 Å². The molecule has 176 valence electrons. The van der Waals surface area contributed by atoms with Crippen LogP contribution >= 0.6 is 11.8 Å². The molecule has 4 rings (SSSR count). The average Bonchev–Trinajstić information content (AvgIpc) is 3.50. The van der Waals surface area contributed by atoms with Crippen molar-refractivity contribution in [3.8, 4) is 5.75 Å². The number of unbranched alkanes of at least 4 members (excludes halogenated alkanes) is 2. The number of methoxy groups -OCH3 is 1. The van der Waals surface area contributed by atoms with Crippen molar-refractivity contribution in [3.05, 3.63) is 28.8 Å². The van der Waals surface area contributed by atoms with Crippen molar-refractivity contribution in [2.45, 2.75) is 77.2 Å². The molecular weight excluding hydrogens is 420 g/mol. The molecule has 0 bridgehead atoms. The quantitative estimate of drug-likeness (QED) is 0.535. The maximum atomic E-state index is 12.8. The molecule has 2 amide bonds. The SMILES string of the molecule is COc1cc2c(cc1C)CC(CCCCCC(=O)N1CCC[C@H]1C(=O)N1CCSC1)CC2. The normalized spacial score (nSPS) is 22.8. The van der Waals surface area contributed by atoms with Crippen molar-refractivity contribution in [2.75, 3.05) is 31.8 Å². The van der Waals surface area contributed by atoms with Gasteiger partial charge in [0.25, 0.3) is 0 Å². The van der Waals surface area contributed by atoms with Crippen LogP contribution in [0, 0.1) is 12.8 Å². The first-order chi connectivity index (χ1) is 15.6. The molecule has 1 aliphatic carbocycles. The number of rotatable bonds is 8. The molecule has 2 heterocycles. The third-order valence-electron chi connectivity index (χ3n) is 7.47. The van der Waals surface area contributed by atoms with Crippen molar-refractivity contribution in [1.29, 1.82) is 0 Å². The molecule has 2 fully saturated rings. The maximum absolute atomic E-state index is 12.8. The molecule has 1 aromatic carbocycles. The van der Waals surface area contributed by atoms with Crippen LogP contribution in [0.15, 0.2) is 12.1 Å². The molecule has 6 heteroatoms. The van der Waals surface area contributed by atoms with E-state index in [4.69, 9.17) is 4.74 Å². The van der Waals surface area contributed by atoms with Gasteiger partial charge in [0.15, 0.2) is 0 Å². The van der Waals surface area contributed by atoms with E-state index in [0.717, 1.165) is 68.5 Å². The van der Waals surface area contributed by atoms with E-state index in [-0.39, 0.29) is 17.9 Å². The second-order valence-corrected chi connectivity index (χ2v) is 10.8. The topological polar surface area (TPSA) is 49.9 Å². The number of carbonyl (C=O) groups excluding carboxylic acids is 2. The largest absolute Gasteiger partial charge is 0.496 e. The smallest absolute Gasteiger partial charge is 0.246 e. The van der Waals surface area contributed by atoms with Gasteiger partial charge in [-0.15, -0.1) is 11.8 Å². The fraction of sp³-hybridized carbons (Fsp3) is 0.692. The van der Waals surface area contributed by atoms with Crippen LogP contribution < -0.4 is 4.74 Å². The van der Waals surface area contributed by atoms with E-state index in [0.29, 0.717) is 6.42 Å². The Morgan fingerprint density at radius 3 is 2.78 bits per heavy atom. The fourth-order valence-electron chi connectivity index (χ4n) is 5.60. The van der Waals surface area contributed by atoms with Crippen LogP contribution in [0.4, 0.5) is 0 Å². The molecule has 2 atom stereocenters. The zero-order chi connectivity index (χ0) is 22.5. The summed E-state index contributed by atoms with van der Waals surface area (Å²) in [5.41, 5.74) is 4.18. The first-order valence-electron chi connectivity index (χ1n) is 12.4. The van der Waals surface area contributed by atoms with E-state index < -0.39 is 0 Å². The number of ether oxygens (including phenoxy) is 1. The lowest BCUT2D eigenvalue weighted by atomic mass is 9.80. The van der Waals surface area contributed by atoms with Crippen molar-refractivity contribution < 1.29 is 14.3 Å². The number of benzene rings is 1. The van der Waals surface area contributed by atoms with Gasteiger partial charge >= 0.3 is 0 Å². The van der Waals surface area contributed by atoms with Gasteiger partial charge in [0.2, 0.25) is 11.8 Å². The Bertz CT molecular complexity index is 822. The van der Waals surface area contributed by atoms with Gasteiger partial charge in [0.05, 0.1) is 13.0 Å². The Kier molecular flexibility index (Phi) is 8.03. The van der Waals surface area contributed by atoms with Crippen molar-refractivity contribution >= 4 is 23.6 Å². The highest BCUT2D eigenvalue weighted by molar-refractivity contribution is 7.99. The lowest BCUT2D eigenvalue weighted by Gasteiger charge is -2.27. The van der Waals surface area contributed by atoms with Crippen LogP contribution in [-0.2, 0) is 22.4 Å². The van der Waals surface area contributed by atoms with E-state index in [9.17, 15) is 9.59 Å². The van der Waals surface area contributed by atoms with E-state index >= 15 is 0 Å². The summed E-state index contributed by atoms with van der Waals surface area (Å²) < 4.78 is 5.48. The van der Waals surface area contributed by atoms with E-state index in [2.05, 4.69) is 19.1 Å². The summed E-state index contributed by atoms with van der Waals surface area (Å²) in [5.74, 6) is 3.93. The van der Waals surface area contributed by atoms with Gasteiger partial charge in [-0.1, -0.05) is 25.3 Å². The van der Waals surface area contributed by atoms with Gasteiger partial charge in [0.1, 0.15) is 11.8 Å². The van der Waals surface area contributed by atoms with Gasteiger partial charge in [0, 0.05) is 25.3 Å². The van der Waals surface area contributed by atoms with Crippen LogP contribution in [-0.4, -0.2) is 59.5 Å². The van der Waals surface area contributed by atoms with E-state index in [1.807, 2.05) is 9.80 Å². The zero-order valence-electron chi connectivity index (χ0n) is 19.7. The number of amides is 2. The highest BCUT2D eigenvalue weighted by atomic mass is 32.2. The van der Waals surface area contributed by atoms with Crippen LogP contribution in [0.25, 0.3) is 0 Å². The minimum absolute atomic E-state index is 0.172. The lowest BCUT2D eigenvalue weighted by Crippen LogP contribution is -2.46. The summed E-state index contributed by atoms with van der Waals surface area (Å²) in [4.78, 5) is 29.4. The Balaban J connectivity index is 1.17. The molecule has 0 aromatic heterocycles. The molecule has 0 spiro atoms. The molecule has 0 saturated carbocycles. The van der Waals surface area contributed by atoms with Gasteiger partial charge in [-0.2, -0.15) is 0 Å². The van der Waals surface area contributed by atoms with Crippen molar-refractivity contribution in [1.82, 2.24) is 9.80 Å². The molecule has 2 aliphatic heterocycles. The second-order valence-electron chi connectivity index (χ2n) is 9.68. The zero-order valence-corrected chi connectivity index (χ0v) is 20.6. The summed E-state index contributed by atoms with van der Waals surface area (Å²) in [6.45, 7) is 3.71. The molecule has 1 aromatic rings. The molecule has 3 aliphatic rings. The third kappa shape index (κ3) is 5.44. The number of fused-ring (bicyclic) bond motifs is 1. The fourth-order valence-corrected chi connectivity index (χ4v) is 6.56. The highest BCUT2D eigenvalue weighted by Gasteiger charge is 2.36. The van der Waals surface area contributed by atoms with Gasteiger partial charge in [-0.3, -0.25) is 9.59 Å². The average molecular weight is 459 g/mol. The molecule has 0 N–H and O–H groups in total. The number of carbonyl (C=O) groups is 2. The summed E-state index contributed by atoms with van der Waals surface area (Å²) >= 11 is 1.80. The maximum Gasteiger partial charge on any atom is 0.246 e. The van der Waals surface area contributed by atoms with Gasteiger partial charge in [-0.25, -0.2) is 0 Å². The van der Waals surface area contributed by atoms with E-state index in [1.54, 1.807) is 18.9 Å². The summed E-state index contributed by atoms with van der Waals surface area (Å²) in [6.07, 6.45) is 10.4. The van der Waals surface area contributed by atoms with Crippen LogP contribution in [0.5, 0.6) is 5.75 Å². The predicted molar refractivity (Wildman–Crippen MR) is 130 cm³/mol. The van der Waals surface area contributed by atoms with E-state index in [1.165, 1.54) is 42.4 Å². The molecular formula is C26H38N2O3S. The molecule has 32 heavy (non-hydrogen) atoms. The van der Waals surface area contributed by atoms with Crippen LogP contribution in [0.2, 0.25) is 0 Å². The standard InChI is InChI=1S/C26H38N2O3S/c1-19-15-22-16-20(10-11-21(22)17-24(19)31-2)7-4-3-5-9-25(29)28-12-6-8-23(28)26(30)27-13-14-32-18-27/h15,17,20,23H,3-14,16,18H2,1-2H3/t20?,23-/m0/s1. The molecule has 2 saturated heterocycles. The van der Waals surface area contributed by atoms with Crippen molar-refractivity contribution in [2.24, 2.45) is 5.92 Å². The first-order valence-corrected chi connectivity index (χ1v) is 13.5. The number of likely N-dealkylation sites (tertiary alicyclic amines) is 1. The summed E-state index contributed by atoms with van der Waals surface area (Å²) in [7, 11) is 1.75. The Morgan fingerprint density at radius 2 is 2.00 bits per heavy atom. The van der Waals surface area contributed by atoms with Crippen LogP contribution in [0.1, 0.15) is 68.1 Å². The minimum atomic E-state index is -0.203. The lowest BCUT2D eigenvalue weighted by molar-refractivity contribution is -0.143. The molecule has 0 radical (unpaired) electrons. The Hall–Kier alpha value is -1.69. The minimum Gasteiger partial charge on any atom is -0.496 e.